The van der Waals surface area contributed by atoms with Crippen LogP contribution in [-0.4, -0.2) is 29.9 Å². The Bertz CT molecular complexity index is 389. The third-order valence-corrected chi connectivity index (χ3v) is 3.47. The Labute approximate surface area is 123 Å². The summed E-state index contributed by atoms with van der Waals surface area (Å²) in [6, 6.07) is 9.57. The van der Waals surface area contributed by atoms with E-state index in [1.54, 1.807) is 0 Å². The number of amides is 1. The van der Waals surface area contributed by atoms with Crippen molar-refractivity contribution in [3.63, 3.8) is 0 Å². The van der Waals surface area contributed by atoms with Crippen LogP contribution in [0.5, 0.6) is 0 Å². The molecular weight excluding hydrogens is 248 g/mol. The number of benzene rings is 1. The lowest BCUT2D eigenvalue weighted by Crippen LogP contribution is -2.43. The summed E-state index contributed by atoms with van der Waals surface area (Å²) in [6.07, 6.45) is 2.20. The number of hydrogen-bond acceptors (Lipinski definition) is 2. The van der Waals surface area contributed by atoms with E-state index < -0.39 is 0 Å². The van der Waals surface area contributed by atoms with Crippen LogP contribution in [0.2, 0.25) is 0 Å². The van der Waals surface area contributed by atoms with Crippen LogP contribution < -0.4 is 5.32 Å². The Morgan fingerprint density at radius 3 is 2.35 bits per heavy atom. The fourth-order valence-electron chi connectivity index (χ4n) is 2.14. The fourth-order valence-corrected chi connectivity index (χ4v) is 2.14. The van der Waals surface area contributed by atoms with Gasteiger partial charge in [-0.25, -0.2) is 0 Å². The van der Waals surface area contributed by atoms with E-state index in [1.807, 2.05) is 37.3 Å². The van der Waals surface area contributed by atoms with Crippen LogP contribution in [0.3, 0.4) is 0 Å². The van der Waals surface area contributed by atoms with Crippen molar-refractivity contribution in [3.8, 4) is 0 Å². The van der Waals surface area contributed by atoms with Gasteiger partial charge in [-0.15, -0.1) is 0 Å². The lowest BCUT2D eigenvalue weighted by atomic mass is 10.1. The van der Waals surface area contributed by atoms with Crippen LogP contribution in [-0.2, 0) is 4.79 Å². The molecule has 0 fully saturated rings. The van der Waals surface area contributed by atoms with Gasteiger partial charge in [0.05, 0.1) is 6.04 Å². The predicted molar refractivity (Wildman–Crippen MR) is 85.9 cm³/mol. The molecule has 1 aromatic rings. The lowest BCUT2D eigenvalue weighted by Gasteiger charge is -2.28. The molecule has 1 N–H and O–H groups in total. The summed E-state index contributed by atoms with van der Waals surface area (Å²) in [6.45, 7) is 10.5. The van der Waals surface area contributed by atoms with Gasteiger partial charge in [0.2, 0.25) is 5.91 Å². The third kappa shape index (κ3) is 5.74. The predicted octanol–water partition coefficient (Wildman–Crippen LogP) is 3.77. The minimum atomic E-state index is -0.0890. The summed E-state index contributed by atoms with van der Waals surface area (Å²) in [5.41, 5.74) is 0.865. The largest absolute Gasteiger partial charge is 0.325 e. The molecule has 0 saturated carbocycles. The zero-order valence-electron chi connectivity index (χ0n) is 13.2. The lowest BCUT2D eigenvalue weighted by molar-refractivity contribution is -0.120. The van der Waals surface area contributed by atoms with E-state index in [2.05, 4.69) is 31.0 Å². The van der Waals surface area contributed by atoms with Crippen LogP contribution in [0.25, 0.3) is 0 Å². The van der Waals surface area contributed by atoms with E-state index in [9.17, 15) is 4.79 Å². The first-order valence-electron chi connectivity index (χ1n) is 7.64. The topological polar surface area (TPSA) is 32.3 Å². The molecule has 0 aliphatic heterocycles. The smallest absolute Gasteiger partial charge is 0.241 e. The van der Waals surface area contributed by atoms with Crippen molar-refractivity contribution in [1.82, 2.24) is 4.90 Å². The molecule has 3 nitrogen and oxygen atoms in total. The van der Waals surface area contributed by atoms with E-state index in [0.29, 0.717) is 5.92 Å². The Morgan fingerprint density at radius 2 is 1.80 bits per heavy atom. The monoisotopic (exact) mass is 276 g/mol. The third-order valence-electron chi connectivity index (χ3n) is 3.47. The molecule has 0 radical (unpaired) electrons. The maximum atomic E-state index is 12.3. The van der Waals surface area contributed by atoms with Gasteiger partial charge in [-0.2, -0.15) is 0 Å². The highest BCUT2D eigenvalue weighted by Crippen LogP contribution is 2.10. The first kappa shape index (κ1) is 16.7. The summed E-state index contributed by atoms with van der Waals surface area (Å²) in [4.78, 5) is 14.6. The van der Waals surface area contributed by atoms with Crippen molar-refractivity contribution in [2.24, 2.45) is 5.92 Å². The molecule has 1 amide bonds. The Balaban J connectivity index is 2.58. The van der Waals surface area contributed by atoms with E-state index in [4.69, 9.17) is 0 Å². The van der Waals surface area contributed by atoms with Gasteiger partial charge < -0.3 is 5.32 Å². The van der Waals surface area contributed by atoms with Gasteiger partial charge in [-0.1, -0.05) is 39.0 Å². The highest BCUT2D eigenvalue weighted by Gasteiger charge is 2.20. The molecule has 0 aliphatic carbocycles. The minimum Gasteiger partial charge on any atom is -0.325 e. The highest BCUT2D eigenvalue weighted by molar-refractivity contribution is 5.94. The van der Waals surface area contributed by atoms with Crippen molar-refractivity contribution >= 4 is 11.6 Å². The Morgan fingerprint density at radius 1 is 1.15 bits per heavy atom. The molecule has 0 bridgehead atoms. The van der Waals surface area contributed by atoms with Gasteiger partial charge in [-0.3, -0.25) is 9.69 Å². The van der Waals surface area contributed by atoms with Crippen molar-refractivity contribution < 1.29 is 4.79 Å². The molecular formula is C17H28N2O. The molecule has 0 spiro atoms. The van der Waals surface area contributed by atoms with Crippen LogP contribution in [0.1, 0.15) is 40.5 Å². The second-order valence-corrected chi connectivity index (χ2v) is 5.75. The molecule has 1 atom stereocenters. The molecule has 1 rings (SSSR count). The van der Waals surface area contributed by atoms with Crippen LogP contribution >= 0.6 is 0 Å². The number of rotatable bonds is 8. The minimum absolute atomic E-state index is 0.0772. The second-order valence-electron chi connectivity index (χ2n) is 5.75. The molecule has 112 valence electrons. The molecule has 0 heterocycles. The summed E-state index contributed by atoms with van der Waals surface area (Å²) >= 11 is 0. The van der Waals surface area contributed by atoms with Gasteiger partial charge >= 0.3 is 0 Å². The molecule has 1 unspecified atom stereocenters. The summed E-state index contributed by atoms with van der Waals surface area (Å²) in [5.74, 6) is 0.743. The zero-order valence-corrected chi connectivity index (χ0v) is 13.2. The van der Waals surface area contributed by atoms with Gasteiger partial charge in [0.15, 0.2) is 0 Å². The van der Waals surface area contributed by atoms with E-state index in [-0.39, 0.29) is 11.9 Å². The van der Waals surface area contributed by atoms with Crippen molar-refractivity contribution in [2.45, 2.75) is 46.6 Å². The van der Waals surface area contributed by atoms with Gasteiger partial charge in [0.1, 0.15) is 0 Å². The number of carbonyl (C=O) groups is 1. The van der Waals surface area contributed by atoms with Gasteiger partial charge in [0, 0.05) is 5.69 Å². The van der Waals surface area contributed by atoms with E-state index in [1.165, 1.54) is 0 Å². The normalized spacial score (nSPS) is 12.7. The maximum Gasteiger partial charge on any atom is 0.241 e. The number of hydrogen-bond donors (Lipinski definition) is 1. The molecule has 0 aromatic heterocycles. The zero-order chi connectivity index (χ0) is 15.0. The average Bonchev–Trinajstić information content (AvgIpc) is 2.43. The fraction of sp³-hybridized carbons (Fsp3) is 0.588. The number of anilines is 1. The van der Waals surface area contributed by atoms with Crippen LogP contribution in [0.15, 0.2) is 30.3 Å². The Kier molecular flexibility index (Phi) is 7.31. The first-order valence-corrected chi connectivity index (χ1v) is 7.64. The van der Waals surface area contributed by atoms with Crippen molar-refractivity contribution in [2.75, 3.05) is 18.4 Å². The standard InChI is InChI=1S/C17H28N2O/c1-5-12-19(13-11-14(2)3)15(4)17(20)18-16-9-7-6-8-10-16/h6-10,14-15H,5,11-13H2,1-4H3,(H,18,20). The highest BCUT2D eigenvalue weighted by atomic mass is 16.2. The molecule has 3 heteroatoms. The van der Waals surface area contributed by atoms with Crippen LogP contribution in [0, 0.1) is 5.92 Å². The summed E-state index contributed by atoms with van der Waals surface area (Å²) < 4.78 is 0. The number of nitrogens with one attached hydrogen (secondary N) is 1. The number of carbonyl (C=O) groups excluding carboxylic acids is 1. The second kappa shape index (κ2) is 8.75. The maximum absolute atomic E-state index is 12.3. The van der Waals surface area contributed by atoms with Crippen molar-refractivity contribution in [3.05, 3.63) is 30.3 Å². The summed E-state index contributed by atoms with van der Waals surface area (Å²) in [5, 5.41) is 2.99. The van der Waals surface area contributed by atoms with Crippen LogP contribution in [0.4, 0.5) is 5.69 Å². The van der Waals surface area contributed by atoms with E-state index in [0.717, 1.165) is 31.6 Å². The molecule has 0 saturated heterocycles. The Hall–Kier alpha value is -1.35. The van der Waals surface area contributed by atoms with Gasteiger partial charge in [-0.05, 0) is 50.9 Å². The molecule has 0 aliphatic rings. The number of para-hydroxylation sites is 1. The number of nitrogens with zero attached hydrogens (tertiary/aromatic N) is 1. The summed E-state index contributed by atoms with van der Waals surface area (Å²) in [7, 11) is 0. The molecule has 1 aromatic carbocycles. The molecule has 20 heavy (non-hydrogen) atoms. The van der Waals surface area contributed by atoms with Gasteiger partial charge in [0.25, 0.3) is 0 Å². The average molecular weight is 276 g/mol. The first-order chi connectivity index (χ1) is 9.54. The SMILES string of the molecule is CCCN(CCC(C)C)C(C)C(=O)Nc1ccccc1. The quantitative estimate of drug-likeness (QED) is 0.784. The van der Waals surface area contributed by atoms with Crippen molar-refractivity contribution in [1.29, 1.82) is 0 Å². The van der Waals surface area contributed by atoms with E-state index >= 15 is 0 Å².